The van der Waals surface area contributed by atoms with Crippen molar-refractivity contribution in [3.63, 3.8) is 0 Å². The Kier molecular flexibility index (Phi) is 7.12. The first-order chi connectivity index (χ1) is 11.2. The molecule has 132 valence electrons. The van der Waals surface area contributed by atoms with Gasteiger partial charge >= 0.3 is 5.97 Å². The Labute approximate surface area is 141 Å². The molecule has 1 rings (SSSR count). The van der Waals surface area contributed by atoms with Crippen molar-refractivity contribution in [1.82, 2.24) is 10.0 Å². The molecule has 24 heavy (non-hydrogen) atoms. The Bertz CT molecular complexity index is 698. The van der Waals surface area contributed by atoms with E-state index >= 15 is 0 Å². The maximum Gasteiger partial charge on any atom is 0.326 e. The summed E-state index contributed by atoms with van der Waals surface area (Å²) in [6, 6.07) is 4.26. The van der Waals surface area contributed by atoms with Crippen molar-refractivity contribution in [2.75, 3.05) is 6.54 Å². The predicted molar refractivity (Wildman–Crippen MR) is 90.2 cm³/mol. The Morgan fingerprint density at radius 3 is 2.33 bits per heavy atom. The van der Waals surface area contributed by atoms with E-state index in [1.54, 1.807) is 6.92 Å². The molecule has 1 amide bonds. The van der Waals surface area contributed by atoms with Crippen molar-refractivity contribution in [2.24, 2.45) is 5.92 Å². The van der Waals surface area contributed by atoms with Crippen LogP contribution in [0.4, 0.5) is 0 Å². The van der Waals surface area contributed by atoms with Gasteiger partial charge < -0.3 is 10.4 Å². The van der Waals surface area contributed by atoms with Crippen LogP contribution in [0.25, 0.3) is 0 Å². The molecule has 8 heteroatoms. The Balaban J connectivity index is 2.90. The Hall–Kier alpha value is -2.19. The summed E-state index contributed by atoms with van der Waals surface area (Å²) in [5, 5.41) is 11.7. The van der Waals surface area contributed by atoms with E-state index in [4.69, 9.17) is 0 Å². The van der Waals surface area contributed by atoms with Gasteiger partial charge in [0.25, 0.3) is 5.91 Å². The summed E-state index contributed by atoms with van der Waals surface area (Å²) in [7, 11) is -3.67. The van der Waals surface area contributed by atoms with E-state index in [2.05, 4.69) is 16.6 Å². The van der Waals surface area contributed by atoms with Gasteiger partial charge in [-0.1, -0.05) is 26.3 Å². The highest BCUT2D eigenvalue weighted by Gasteiger charge is 2.25. The standard InChI is InChI=1S/C16H22N2O5S/c1-4-10-17-24(22,23)13-8-6-12(7-9-13)15(19)18-14(16(20)21)11(3)5-2/h4,6-9,11,14,17H,1,5,10H2,2-3H3,(H,18,19)(H,20,21)/t11-,14-/m0/s1. The third-order valence-electron chi connectivity index (χ3n) is 3.61. The summed E-state index contributed by atoms with van der Waals surface area (Å²) in [5.74, 6) is -1.90. The number of sulfonamides is 1. The molecule has 0 unspecified atom stereocenters. The number of amides is 1. The Morgan fingerprint density at radius 2 is 1.88 bits per heavy atom. The molecular weight excluding hydrogens is 332 g/mol. The van der Waals surface area contributed by atoms with Crippen molar-refractivity contribution < 1.29 is 23.1 Å². The zero-order chi connectivity index (χ0) is 18.3. The van der Waals surface area contributed by atoms with Crippen molar-refractivity contribution >= 4 is 21.9 Å². The van der Waals surface area contributed by atoms with Gasteiger partial charge in [-0.3, -0.25) is 4.79 Å². The van der Waals surface area contributed by atoms with Gasteiger partial charge in [-0.2, -0.15) is 0 Å². The summed E-state index contributed by atoms with van der Waals surface area (Å²) >= 11 is 0. The van der Waals surface area contributed by atoms with Crippen LogP contribution in [0.15, 0.2) is 41.8 Å². The highest BCUT2D eigenvalue weighted by Crippen LogP contribution is 2.12. The number of carbonyl (C=O) groups is 2. The first-order valence-corrected chi connectivity index (χ1v) is 8.95. The number of hydrogen-bond donors (Lipinski definition) is 3. The minimum absolute atomic E-state index is 0.0117. The van der Waals surface area contributed by atoms with E-state index in [-0.39, 0.29) is 22.9 Å². The van der Waals surface area contributed by atoms with Gasteiger partial charge in [0.05, 0.1) is 4.90 Å². The fraction of sp³-hybridized carbons (Fsp3) is 0.375. The molecule has 0 bridgehead atoms. The highest BCUT2D eigenvalue weighted by molar-refractivity contribution is 7.89. The van der Waals surface area contributed by atoms with Gasteiger partial charge in [0, 0.05) is 12.1 Å². The molecule has 2 atom stereocenters. The molecule has 0 saturated carbocycles. The number of benzene rings is 1. The van der Waals surface area contributed by atoms with Crippen molar-refractivity contribution in [1.29, 1.82) is 0 Å². The summed E-state index contributed by atoms with van der Waals surface area (Å²) in [6.45, 7) is 7.10. The summed E-state index contributed by atoms with van der Waals surface area (Å²) < 4.78 is 26.2. The van der Waals surface area contributed by atoms with E-state index in [1.807, 2.05) is 6.92 Å². The quantitative estimate of drug-likeness (QED) is 0.580. The van der Waals surface area contributed by atoms with Crippen molar-refractivity contribution in [3.8, 4) is 0 Å². The Morgan fingerprint density at radius 1 is 1.29 bits per heavy atom. The molecule has 0 aliphatic rings. The second kappa shape index (κ2) is 8.60. The first-order valence-electron chi connectivity index (χ1n) is 7.47. The second-order valence-electron chi connectivity index (χ2n) is 5.34. The highest BCUT2D eigenvalue weighted by atomic mass is 32.2. The fourth-order valence-corrected chi connectivity index (χ4v) is 2.94. The molecular formula is C16H22N2O5S. The van der Waals surface area contributed by atoms with Crippen LogP contribution in [-0.4, -0.2) is 38.0 Å². The average molecular weight is 354 g/mol. The fourth-order valence-electron chi connectivity index (χ4n) is 1.95. The van der Waals surface area contributed by atoms with Crippen LogP contribution in [-0.2, 0) is 14.8 Å². The maximum absolute atomic E-state index is 12.2. The predicted octanol–water partition coefficient (Wildman–Crippen LogP) is 1.38. The molecule has 1 aromatic carbocycles. The minimum Gasteiger partial charge on any atom is -0.480 e. The van der Waals surface area contributed by atoms with E-state index < -0.39 is 27.9 Å². The summed E-state index contributed by atoms with van der Waals surface area (Å²) in [6.07, 6.45) is 2.02. The molecule has 3 N–H and O–H groups in total. The van der Waals surface area contributed by atoms with Gasteiger partial charge in [-0.15, -0.1) is 6.58 Å². The third-order valence-corrected chi connectivity index (χ3v) is 5.05. The minimum atomic E-state index is -3.67. The van der Waals surface area contributed by atoms with E-state index in [0.717, 1.165) is 0 Å². The van der Waals surface area contributed by atoms with E-state index in [0.29, 0.717) is 6.42 Å². The number of aliphatic carboxylic acids is 1. The molecule has 0 aliphatic carbocycles. The molecule has 0 fully saturated rings. The molecule has 0 spiro atoms. The average Bonchev–Trinajstić information content (AvgIpc) is 2.56. The summed E-state index contributed by atoms with van der Waals surface area (Å²) in [4.78, 5) is 23.4. The van der Waals surface area contributed by atoms with Crippen molar-refractivity contribution in [2.45, 2.75) is 31.2 Å². The zero-order valence-electron chi connectivity index (χ0n) is 13.7. The van der Waals surface area contributed by atoms with Crippen LogP contribution < -0.4 is 10.0 Å². The van der Waals surface area contributed by atoms with Gasteiger partial charge in [0.1, 0.15) is 6.04 Å². The van der Waals surface area contributed by atoms with Crippen molar-refractivity contribution in [3.05, 3.63) is 42.5 Å². The molecule has 0 heterocycles. The largest absolute Gasteiger partial charge is 0.480 e. The number of hydrogen-bond acceptors (Lipinski definition) is 4. The van der Waals surface area contributed by atoms with Crippen LogP contribution in [0.1, 0.15) is 30.6 Å². The van der Waals surface area contributed by atoms with E-state index in [1.165, 1.54) is 30.3 Å². The molecule has 7 nitrogen and oxygen atoms in total. The van der Waals surface area contributed by atoms with Crippen LogP contribution >= 0.6 is 0 Å². The molecule has 1 aromatic rings. The first kappa shape index (κ1) is 19.9. The van der Waals surface area contributed by atoms with Gasteiger partial charge in [0.2, 0.25) is 10.0 Å². The molecule has 0 aliphatic heterocycles. The molecule has 0 saturated heterocycles. The van der Waals surface area contributed by atoms with Gasteiger partial charge in [-0.25, -0.2) is 17.9 Å². The third kappa shape index (κ3) is 5.17. The normalized spacial score (nSPS) is 13.8. The smallest absolute Gasteiger partial charge is 0.326 e. The van der Waals surface area contributed by atoms with Crippen LogP contribution in [0.3, 0.4) is 0 Å². The van der Waals surface area contributed by atoms with Crippen LogP contribution in [0, 0.1) is 5.92 Å². The van der Waals surface area contributed by atoms with Crippen LogP contribution in [0.5, 0.6) is 0 Å². The number of carboxylic acids is 1. The monoisotopic (exact) mass is 354 g/mol. The molecule has 0 aromatic heterocycles. The lowest BCUT2D eigenvalue weighted by Crippen LogP contribution is -2.45. The zero-order valence-corrected chi connectivity index (χ0v) is 14.5. The second-order valence-corrected chi connectivity index (χ2v) is 7.11. The maximum atomic E-state index is 12.2. The number of carbonyl (C=O) groups excluding carboxylic acids is 1. The van der Waals surface area contributed by atoms with Gasteiger partial charge in [-0.05, 0) is 30.2 Å². The lowest BCUT2D eigenvalue weighted by atomic mass is 9.99. The van der Waals surface area contributed by atoms with E-state index in [9.17, 15) is 23.1 Å². The topological polar surface area (TPSA) is 113 Å². The number of nitrogens with one attached hydrogen (secondary N) is 2. The molecule has 0 radical (unpaired) electrons. The van der Waals surface area contributed by atoms with Gasteiger partial charge in [0.15, 0.2) is 0 Å². The lowest BCUT2D eigenvalue weighted by Gasteiger charge is -2.20. The summed E-state index contributed by atoms with van der Waals surface area (Å²) in [5.41, 5.74) is 0.187. The number of carboxylic acid groups (broad SMARTS) is 1. The van der Waals surface area contributed by atoms with Crippen LogP contribution in [0.2, 0.25) is 0 Å². The SMILES string of the molecule is C=CCNS(=O)(=O)c1ccc(C(=O)N[C@H](C(=O)O)[C@@H](C)CC)cc1. The lowest BCUT2D eigenvalue weighted by molar-refractivity contribution is -0.140. The number of rotatable bonds is 9.